The van der Waals surface area contributed by atoms with Gasteiger partial charge in [-0.1, -0.05) is 6.42 Å². The van der Waals surface area contributed by atoms with Gasteiger partial charge in [-0.15, -0.1) is 0 Å². The fraction of sp³-hybridized carbons (Fsp3) is 0.412. The average molecular weight is 311 g/mol. The topological polar surface area (TPSA) is 85.0 Å². The molecule has 0 aliphatic carbocycles. The van der Waals surface area contributed by atoms with Crippen molar-refractivity contribution in [3.63, 3.8) is 0 Å². The average Bonchev–Trinajstić information content (AvgIpc) is 2.79. The molecule has 3 heterocycles. The molecule has 0 unspecified atom stereocenters. The number of aryl methyl sites for hydroxylation is 1. The van der Waals surface area contributed by atoms with Crippen LogP contribution in [0.1, 0.15) is 35.3 Å². The highest BCUT2D eigenvalue weighted by atomic mass is 16.2. The maximum atomic E-state index is 12.7. The van der Waals surface area contributed by atoms with Crippen molar-refractivity contribution in [1.29, 1.82) is 0 Å². The number of carbonyl (C=O) groups excluding carboxylic acids is 1. The van der Waals surface area contributed by atoms with Gasteiger partial charge in [0.1, 0.15) is 0 Å². The predicted octanol–water partition coefficient (Wildman–Crippen LogP) is 1.80. The number of hydrogen-bond donors (Lipinski definition) is 1. The number of amides is 1. The second kappa shape index (κ2) is 6.83. The number of rotatable bonds is 2. The van der Waals surface area contributed by atoms with Crippen LogP contribution in [0.5, 0.6) is 0 Å². The van der Waals surface area contributed by atoms with E-state index in [0.29, 0.717) is 23.6 Å². The molecule has 1 aliphatic rings. The van der Waals surface area contributed by atoms with Crippen molar-refractivity contribution >= 4 is 5.91 Å². The Morgan fingerprint density at radius 1 is 1.35 bits per heavy atom. The molecule has 0 bridgehead atoms. The number of hydrogen-bond acceptors (Lipinski definition) is 5. The minimum atomic E-state index is -0.0300. The molecule has 120 valence electrons. The van der Waals surface area contributed by atoms with E-state index in [4.69, 9.17) is 5.73 Å². The molecular formula is C17H21N5O. The van der Waals surface area contributed by atoms with Gasteiger partial charge in [0.05, 0.1) is 11.3 Å². The van der Waals surface area contributed by atoms with Crippen molar-refractivity contribution in [3.05, 3.63) is 42.0 Å². The molecule has 0 aromatic carbocycles. The molecule has 2 aromatic rings. The summed E-state index contributed by atoms with van der Waals surface area (Å²) in [5.74, 6) is 0.553. The molecule has 0 saturated carbocycles. The smallest absolute Gasteiger partial charge is 0.257 e. The van der Waals surface area contributed by atoms with Crippen molar-refractivity contribution in [2.75, 3.05) is 13.1 Å². The lowest BCUT2D eigenvalue weighted by Crippen LogP contribution is -2.40. The number of aromatic nitrogens is 3. The highest BCUT2D eigenvalue weighted by molar-refractivity contribution is 5.95. The van der Waals surface area contributed by atoms with Crippen LogP contribution in [-0.4, -0.2) is 44.9 Å². The fourth-order valence-corrected chi connectivity index (χ4v) is 2.84. The van der Waals surface area contributed by atoms with Gasteiger partial charge >= 0.3 is 0 Å². The highest BCUT2D eigenvalue weighted by Gasteiger charge is 2.23. The van der Waals surface area contributed by atoms with Gasteiger partial charge in [0.15, 0.2) is 5.82 Å². The summed E-state index contributed by atoms with van der Waals surface area (Å²) in [6.07, 6.45) is 8.07. The zero-order valence-electron chi connectivity index (χ0n) is 13.3. The molecule has 1 aliphatic heterocycles. The molecule has 0 spiro atoms. The van der Waals surface area contributed by atoms with Crippen LogP contribution in [0.3, 0.4) is 0 Å². The second-order valence-corrected chi connectivity index (χ2v) is 5.94. The second-order valence-electron chi connectivity index (χ2n) is 5.94. The maximum Gasteiger partial charge on any atom is 0.257 e. The summed E-state index contributed by atoms with van der Waals surface area (Å²) in [5.41, 5.74) is 8.12. The van der Waals surface area contributed by atoms with E-state index in [9.17, 15) is 4.79 Å². The third-order valence-electron chi connectivity index (χ3n) is 4.12. The number of nitrogens with two attached hydrogens (primary N) is 1. The van der Waals surface area contributed by atoms with Crippen molar-refractivity contribution in [2.45, 2.75) is 32.2 Å². The van der Waals surface area contributed by atoms with Crippen molar-refractivity contribution < 1.29 is 4.79 Å². The summed E-state index contributed by atoms with van der Waals surface area (Å²) < 4.78 is 0. The van der Waals surface area contributed by atoms with Crippen molar-refractivity contribution in [2.24, 2.45) is 5.73 Å². The van der Waals surface area contributed by atoms with Gasteiger partial charge in [-0.25, -0.2) is 9.97 Å². The van der Waals surface area contributed by atoms with Crippen LogP contribution in [-0.2, 0) is 0 Å². The third kappa shape index (κ3) is 3.53. The Morgan fingerprint density at radius 2 is 2.22 bits per heavy atom. The standard InChI is InChI=1S/C17H21N5O/c1-12-15(17(23)22-8-3-2-6-14(18)11-22)10-20-16(21-12)13-5-4-7-19-9-13/h4-5,7,9-10,14H,2-3,6,8,11,18H2,1H3/t14-/m1/s1. The monoisotopic (exact) mass is 311 g/mol. The van der Waals surface area contributed by atoms with Gasteiger partial charge in [0.2, 0.25) is 0 Å². The van der Waals surface area contributed by atoms with Gasteiger partial charge in [0, 0.05) is 43.3 Å². The first-order chi connectivity index (χ1) is 11.1. The maximum absolute atomic E-state index is 12.7. The normalized spacial score (nSPS) is 18.5. The Hall–Kier alpha value is -2.34. The van der Waals surface area contributed by atoms with Crippen LogP contribution >= 0.6 is 0 Å². The summed E-state index contributed by atoms with van der Waals surface area (Å²) in [7, 11) is 0. The molecule has 1 amide bonds. The number of nitrogens with zero attached hydrogens (tertiary/aromatic N) is 4. The predicted molar refractivity (Wildman–Crippen MR) is 87.7 cm³/mol. The summed E-state index contributed by atoms with van der Waals surface area (Å²) in [6.45, 7) is 3.19. The van der Waals surface area contributed by atoms with Gasteiger partial charge in [-0.05, 0) is 31.9 Å². The Morgan fingerprint density at radius 3 is 2.96 bits per heavy atom. The molecule has 3 rings (SSSR count). The third-order valence-corrected chi connectivity index (χ3v) is 4.12. The molecule has 1 atom stereocenters. The lowest BCUT2D eigenvalue weighted by molar-refractivity contribution is 0.0753. The molecule has 1 fully saturated rings. The zero-order valence-corrected chi connectivity index (χ0v) is 13.3. The van der Waals surface area contributed by atoms with Crippen LogP contribution in [0.4, 0.5) is 0 Å². The van der Waals surface area contributed by atoms with E-state index in [2.05, 4.69) is 15.0 Å². The van der Waals surface area contributed by atoms with E-state index in [-0.39, 0.29) is 11.9 Å². The van der Waals surface area contributed by atoms with E-state index in [1.54, 1.807) is 18.6 Å². The van der Waals surface area contributed by atoms with E-state index < -0.39 is 0 Å². The van der Waals surface area contributed by atoms with Gasteiger partial charge in [-0.2, -0.15) is 0 Å². The summed E-state index contributed by atoms with van der Waals surface area (Å²) in [5, 5.41) is 0. The van der Waals surface area contributed by atoms with Crippen LogP contribution < -0.4 is 5.73 Å². The highest BCUT2D eigenvalue weighted by Crippen LogP contribution is 2.17. The van der Waals surface area contributed by atoms with E-state index >= 15 is 0 Å². The van der Waals surface area contributed by atoms with Crippen LogP contribution in [0.25, 0.3) is 11.4 Å². The van der Waals surface area contributed by atoms with E-state index in [0.717, 1.165) is 31.4 Å². The molecule has 2 aromatic heterocycles. The SMILES string of the molecule is Cc1nc(-c2cccnc2)ncc1C(=O)N1CCCC[C@@H](N)C1. The minimum absolute atomic E-state index is 0.0300. The quantitative estimate of drug-likeness (QED) is 0.914. The van der Waals surface area contributed by atoms with Gasteiger partial charge < -0.3 is 10.6 Å². The number of pyridine rings is 1. The Kier molecular flexibility index (Phi) is 4.62. The summed E-state index contributed by atoms with van der Waals surface area (Å²) in [6, 6.07) is 3.79. The lowest BCUT2D eigenvalue weighted by atomic mass is 10.1. The van der Waals surface area contributed by atoms with Crippen LogP contribution in [0.2, 0.25) is 0 Å². The van der Waals surface area contributed by atoms with Gasteiger partial charge in [-0.3, -0.25) is 9.78 Å². The fourth-order valence-electron chi connectivity index (χ4n) is 2.84. The molecular weight excluding hydrogens is 290 g/mol. The first-order valence-corrected chi connectivity index (χ1v) is 7.94. The number of carbonyl (C=O) groups is 1. The molecule has 6 heteroatoms. The first kappa shape index (κ1) is 15.6. The zero-order chi connectivity index (χ0) is 16.2. The molecule has 2 N–H and O–H groups in total. The summed E-state index contributed by atoms with van der Waals surface area (Å²) in [4.78, 5) is 27.5. The summed E-state index contributed by atoms with van der Waals surface area (Å²) >= 11 is 0. The minimum Gasteiger partial charge on any atom is -0.337 e. The van der Waals surface area contributed by atoms with Crippen molar-refractivity contribution in [3.8, 4) is 11.4 Å². The van der Waals surface area contributed by atoms with Crippen molar-refractivity contribution in [1.82, 2.24) is 19.9 Å². The van der Waals surface area contributed by atoms with Gasteiger partial charge in [0.25, 0.3) is 5.91 Å². The lowest BCUT2D eigenvalue weighted by Gasteiger charge is -2.23. The Labute approximate surface area is 135 Å². The van der Waals surface area contributed by atoms with E-state index in [1.807, 2.05) is 24.0 Å². The van der Waals surface area contributed by atoms with Crippen LogP contribution in [0, 0.1) is 6.92 Å². The first-order valence-electron chi connectivity index (χ1n) is 7.94. The molecule has 0 radical (unpaired) electrons. The molecule has 1 saturated heterocycles. The van der Waals surface area contributed by atoms with E-state index in [1.165, 1.54) is 0 Å². The molecule has 23 heavy (non-hydrogen) atoms. The molecule has 6 nitrogen and oxygen atoms in total. The largest absolute Gasteiger partial charge is 0.337 e. The Balaban J connectivity index is 1.84. The van der Waals surface area contributed by atoms with Crippen LogP contribution in [0.15, 0.2) is 30.7 Å². The Bertz CT molecular complexity index is 689. The number of likely N-dealkylation sites (tertiary alicyclic amines) is 1.